The predicted molar refractivity (Wildman–Crippen MR) is 386 cm³/mol. The van der Waals surface area contributed by atoms with Crippen LogP contribution in [0.5, 0.6) is 0 Å². The summed E-state index contributed by atoms with van der Waals surface area (Å²) in [6, 6.07) is 82.2. The molecule has 10 aliphatic heterocycles. The maximum atomic E-state index is 5.24. The zero-order chi connectivity index (χ0) is 62.7. The second kappa shape index (κ2) is 22.2. The number of benzene rings is 12. The summed E-state index contributed by atoms with van der Waals surface area (Å²) in [4.78, 5) is 80.8. The SMILES string of the molecule is [Pt].[Pt].c1ccc2c(c1)C1=NC2=NC2=NC(=NC3=NC(=NC4=NC(=N1)c1ccccc14)c1ccccc13)c1ccccc12.c1ccc2cc3c(cc2c1)C1=NC3=NC2=NC(=NC3=NC(=NC4=NC(=N1)c1cc5ccccc5cc14)c1cc4ccccc4cc13)c1cc3ccccc3cc12. The average Bonchev–Trinajstić information content (AvgIpc) is 1.59. The maximum Gasteiger partial charge on any atom is 0.164 e. The minimum absolute atomic E-state index is 0. The fourth-order valence-electron chi connectivity index (χ4n) is 13.9. The molecule has 0 spiro atoms. The van der Waals surface area contributed by atoms with Gasteiger partial charge in [-0.1, -0.05) is 194 Å². The Kier molecular flexibility index (Phi) is 13.0. The van der Waals surface area contributed by atoms with Crippen LogP contribution in [0.15, 0.2) is 323 Å². The molecule has 460 valence electrons. The van der Waals surface area contributed by atoms with Crippen LogP contribution < -0.4 is 0 Å². The summed E-state index contributed by atoms with van der Waals surface area (Å²) >= 11 is 0. The minimum Gasteiger partial charge on any atom is -0.208 e. The van der Waals surface area contributed by atoms with Gasteiger partial charge in [-0.05, 0) is 91.6 Å². The standard InChI is InChI=1S/C48H24N8.C32H16N8.2Pt/c1-2-10-26-18-34-33(17-25(26)9-1)41-49-42(34)54-44-37-21-29-13-5-6-14-30(29)22-38(37)46(51-44)56-48-40-24-32-16-8-7-15-31(32)23-39(40)47(52-48)55-45-36-20-28-12-4-3-11-27(28)19-35(36)43(50-45)53-41;1-2-10-18-17(9-1)25-33-26(18)38-28-21-13-5-6-14-22(21)30(35-28)40-32-24-16-8-7-15-23(24)31(36-32)39-29-20-12-4-3-11-19(20)27(34-29)37-25;;/h1-24H;1-16H;;. The summed E-state index contributed by atoms with van der Waals surface area (Å²) < 4.78 is 0. The molecule has 0 amide bonds. The van der Waals surface area contributed by atoms with E-state index in [4.69, 9.17) is 79.9 Å². The molecule has 0 N–H and O–H groups in total. The Balaban J connectivity index is 0.000000142. The average molecular weight is 1620 g/mol. The van der Waals surface area contributed by atoms with E-state index in [9.17, 15) is 0 Å². The number of nitrogens with zero attached hydrogens (tertiary/aromatic N) is 16. The van der Waals surface area contributed by atoms with E-state index in [-0.39, 0.29) is 42.1 Å². The molecular formula is C80H40N16Pt2. The third kappa shape index (κ3) is 9.06. The van der Waals surface area contributed by atoms with Crippen LogP contribution >= 0.6 is 0 Å². The van der Waals surface area contributed by atoms with Gasteiger partial charge in [-0.2, -0.15) is 0 Å². The molecule has 10 aliphatic rings. The Morgan fingerprint density at radius 3 is 0.316 bits per heavy atom. The first kappa shape index (κ1) is 57.2. The molecule has 22 rings (SSSR count). The third-order valence-corrected chi connectivity index (χ3v) is 18.5. The van der Waals surface area contributed by atoms with Gasteiger partial charge in [-0.3, -0.25) is 0 Å². The van der Waals surface area contributed by atoms with E-state index in [0.29, 0.717) is 93.4 Å². The summed E-state index contributed by atoms with van der Waals surface area (Å²) in [5.41, 5.74) is 14.2. The summed E-state index contributed by atoms with van der Waals surface area (Å²) in [7, 11) is 0. The smallest absolute Gasteiger partial charge is 0.164 e. The van der Waals surface area contributed by atoms with Gasteiger partial charge in [0.2, 0.25) is 0 Å². The quantitative estimate of drug-likeness (QED) is 0.139. The second-order valence-electron chi connectivity index (χ2n) is 24.1. The van der Waals surface area contributed by atoms with E-state index in [1.807, 2.05) is 146 Å². The minimum atomic E-state index is 0. The van der Waals surface area contributed by atoms with E-state index in [0.717, 1.165) is 132 Å². The van der Waals surface area contributed by atoms with Crippen molar-refractivity contribution >= 4 is 136 Å². The molecule has 16 nitrogen and oxygen atoms in total. The Labute approximate surface area is 585 Å². The van der Waals surface area contributed by atoms with Gasteiger partial charge in [0.1, 0.15) is 0 Å². The maximum absolute atomic E-state index is 5.24. The van der Waals surface area contributed by atoms with Gasteiger partial charge >= 0.3 is 0 Å². The van der Waals surface area contributed by atoms with Crippen LogP contribution in [-0.2, 0) is 42.1 Å². The van der Waals surface area contributed by atoms with Gasteiger partial charge in [-0.15, -0.1) is 0 Å². The van der Waals surface area contributed by atoms with E-state index >= 15 is 0 Å². The molecule has 12 aromatic rings. The summed E-state index contributed by atoms with van der Waals surface area (Å²) in [5.74, 6) is 8.69. The molecule has 0 saturated heterocycles. The van der Waals surface area contributed by atoms with Crippen molar-refractivity contribution in [3.8, 4) is 0 Å². The van der Waals surface area contributed by atoms with Crippen LogP contribution in [0.4, 0.5) is 0 Å². The van der Waals surface area contributed by atoms with E-state index in [2.05, 4.69) is 97.1 Å². The number of aliphatic imine (C=N–C) groups is 16. The Morgan fingerprint density at radius 1 is 0.112 bits per heavy atom. The monoisotopic (exact) mass is 1610 g/mol. The number of amidine groups is 16. The molecule has 16 bridgehead atoms. The van der Waals surface area contributed by atoms with Gasteiger partial charge in [0, 0.05) is 131 Å². The third-order valence-electron chi connectivity index (χ3n) is 18.5. The summed E-state index contributed by atoms with van der Waals surface area (Å²) in [6.07, 6.45) is 0. The number of hydrogen-bond acceptors (Lipinski definition) is 16. The fraction of sp³-hybridized carbons (Fsp3) is 0. The first-order valence-electron chi connectivity index (χ1n) is 31.4. The number of rotatable bonds is 0. The molecule has 0 aromatic heterocycles. The van der Waals surface area contributed by atoms with Crippen molar-refractivity contribution in [1.82, 2.24) is 0 Å². The fourth-order valence-corrected chi connectivity index (χ4v) is 13.9. The van der Waals surface area contributed by atoms with Crippen LogP contribution in [0.25, 0.3) is 43.1 Å². The van der Waals surface area contributed by atoms with E-state index < -0.39 is 0 Å². The second-order valence-corrected chi connectivity index (χ2v) is 24.1. The molecule has 12 aromatic carbocycles. The molecule has 0 unspecified atom stereocenters. The normalized spacial score (nSPS) is 16.2. The van der Waals surface area contributed by atoms with Crippen molar-refractivity contribution in [2.24, 2.45) is 79.9 Å². The number of fused-ring (bicyclic) bond motifs is 36. The molecule has 0 aliphatic carbocycles. The molecule has 10 heterocycles. The van der Waals surface area contributed by atoms with Gasteiger partial charge in [0.25, 0.3) is 0 Å². The molecular weight excluding hydrogens is 1580 g/mol. The van der Waals surface area contributed by atoms with Crippen LogP contribution in [-0.4, -0.2) is 93.4 Å². The Hall–Kier alpha value is -12.2. The van der Waals surface area contributed by atoms with Crippen LogP contribution in [0.1, 0.15) is 89.0 Å². The zero-order valence-electron chi connectivity index (χ0n) is 50.9. The van der Waals surface area contributed by atoms with Crippen LogP contribution in [0.2, 0.25) is 0 Å². The molecule has 98 heavy (non-hydrogen) atoms. The predicted octanol–water partition coefficient (Wildman–Crippen LogP) is 14.3. The largest absolute Gasteiger partial charge is 0.208 e. The van der Waals surface area contributed by atoms with Gasteiger partial charge in [-0.25, -0.2) is 79.9 Å². The van der Waals surface area contributed by atoms with Gasteiger partial charge < -0.3 is 0 Å². The molecule has 0 fully saturated rings. The summed E-state index contributed by atoms with van der Waals surface area (Å²) in [5, 5.41) is 8.70. The zero-order valence-corrected chi connectivity index (χ0v) is 55.4. The van der Waals surface area contributed by atoms with Crippen LogP contribution in [0, 0.1) is 0 Å². The van der Waals surface area contributed by atoms with Gasteiger partial charge in [0.05, 0.1) is 0 Å². The summed E-state index contributed by atoms with van der Waals surface area (Å²) in [6.45, 7) is 0. The van der Waals surface area contributed by atoms with Crippen molar-refractivity contribution in [1.29, 1.82) is 0 Å². The molecule has 0 atom stereocenters. The van der Waals surface area contributed by atoms with E-state index in [1.54, 1.807) is 0 Å². The first-order chi connectivity index (χ1) is 47.5. The molecule has 0 saturated carbocycles. The topological polar surface area (TPSA) is 198 Å². The Bertz CT molecular complexity index is 5530. The molecule has 18 heteroatoms. The Morgan fingerprint density at radius 2 is 0.204 bits per heavy atom. The van der Waals surface area contributed by atoms with Crippen molar-refractivity contribution in [2.45, 2.75) is 0 Å². The van der Waals surface area contributed by atoms with E-state index in [1.165, 1.54) is 0 Å². The van der Waals surface area contributed by atoms with Crippen LogP contribution in [0.3, 0.4) is 0 Å². The number of hydrogen-bond donors (Lipinski definition) is 0. The van der Waals surface area contributed by atoms with Crippen molar-refractivity contribution in [3.63, 3.8) is 0 Å². The van der Waals surface area contributed by atoms with Crippen molar-refractivity contribution in [3.05, 3.63) is 332 Å². The van der Waals surface area contributed by atoms with Crippen molar-refractivity contribution in [2.75, 3.05) is 0 Å². The van der Waals surface area contributed by atoms with Gasteiger partial charge in [0.15, 0.2) is 93.4 Å². The first-order valence-corrected chi connectivity index (χ1v) is 31.4. The molecule has 0 radical (unpaired) electrons. The van der Waals surface area contributed by atoms with Crippen molar-refractivity contribution < 1.29 is 42.1 Å².